The highest BCUT2D eigenvalue weighted by Gasteiger charge is 2.31. The molecule has 0 atom stereocenters. The average Bonchev–Trinajstić information content (AvgIpc) is 2.40. The Balaban J connectivity index is 2.21. The molecule has 7 heteroatoms. The lowest BCUT2D eigenvalue weighted by molar-refractivity contribution is -0.137. The maximum absolute atomic E-state index is 12.7. The molecule has 0 aliphatic carbocycles. The van der Waals surface area contributed by atoms with E-state index in [0.717, 1.165) is 12.1 Å². The van der Waals surface area contributed by atoms with Crippen molar-refractivity contribution in [2.45, 2.75) is 13.1 Å². The number of benzene rings is 1. The Labute approximate surface area is 124 Å². The zero-order valence-electron chi connectivity index (χ0n) is 10.9. The van der Waals surface area contributed by atoms with Crippen molar-refractivity contribution in [1.29, 1.82) is 0 Å². The van der Waals surface area contributed by atoms with Crippen LogP contribution in [0.4, 0.5) is 13.2 Å². The Hall–Kier alpha value is -1.95. The molecule has 112 valence electrons. The molecule has 0 saturated carbocycles. The Morgan fingerprint density at radius 2 is 1.71 bits per heavy atom. The largest absolute Gasteiger partial charge is 0.494 e. The summed E-state index contributed by atoms with van der Waals surface area (Å²) in [4.78, 5) is 3.71. The van der Waals surface area contributed by atoms with E-state index in [4.69, 9.17) is 21.1 Å². The molecule has 0 amide bonds. The molecule has 21 heavy (non-hydrogen) atoms. The summed E-state index contributed by atoms with van der Waals surface area (Å²) < 4.78 is 48.5. The van der Waals surface area contributed by atoms with Crippen molar-refractivity contribution in [2.75, 3.05) is 6.61 Å². The molecule has 0 unspecified atom stereocenters. The van der Waals surface area contributed by atoms with Gasteiger partial charge in [0.2, 0.25) is 5.88 Å². The van der Waals surface area contributed by atoms with Crippen molar-refractivity contribution < 1.29 is 22.6 Å². The van der Waals surface area contributed by atoms with E-state index in [0.29, 0.717) is 18.1 Å². The molecule has 1 heterocycles. The summed E-state index contributed by atoms with van der Waals surface area (Å²) in [5.41, 5.74) is -0.913. The lowest BCUT2D eigenvalue weighted by atomic mass is 10.2. The molecule has 3 nitrogen and oxygen atoms in total. The number of nitrogens with zero attached hydrogens (tertiary/aromatic N) is 1. The standard InChI is InChI=1S/C14H11ClF3NO2/c1-2-20-10-3-5-11(6-4-10)21-13-8-9(14(16,17)18)7-12(15)19-13/h3-8H,2H2,1H3. The fourth-order valence-electron chi connectivity index (χ4n) is 1.58. The fraction of sp³-hybridized carbons (Fsp3) is 0.214. The summed E-state index contributed by atoms with van der Waals surface area (Å²) in [7, 11) is 0. The minimum Gasteiger partial charge on any atom is -0.494 e. The third-order valence-electron chi connectivity index (χ3n) is 2.46. The summed E-state index contributed by atoms with van der Waals surface area (Å²) in [5, 5.41) is -0.286. The van der Waals surface area contributed by atoms with Gasteiger partial charge in [-0.25, -0.2) is 4.98 Å². The normalized spacial score (nSPS) is 11.3. The number of halogens is 4. The zero-order chi connectivity index (χ0) is 15.5. The van der Waals surface area contributed by atoms with Gasteiger partial charge < -0.3 is 9.47 Å². The third kappa shape index (κ3) is 4.26. The van der Waals surface area contributed by atoms with Gasteiger partial charge in [0.15, 0.2) is 0 Å². The predicted molar refractivity (Wildman–Crippen MR) is 71.9 cm³/mol. The lowest BCUT2D eigenvalue weighted by Gasteiger charge is -2.10. The van der Waals surface area contributed by atoms with Crippen molar-refractivity contribution in [1.82, 2.24) is 4.98 Å². The van der Waals surface area contributed by atoms with Crippen LogP contribution in [0.2, 0.25) is 5.15 Å². The molecule has 1 aromatic carbocycles. The fourth-order valence-corrected chi connectivity index (χ4v) is 1.78. The van der Waals surface area contributed by atoms with E-state index in [1.165, 1.54) is 0 Å². The minimum atomic E-state index is -4.51. The second-order valence-electron chi connectivity index (χ2n) is 4.02. The molecule has 0 radical (unpaired) electrons. The van der Waals surface area contributed by atoms with Crippen LogP contribution in [0.15, 0.2) is 36.4 Å². The van der Waals surface area contributed by atoms with E-state index in [-0.39, 0.29) is 11.0 Å². The van der Waals surface area contributed by atoms with Gasteiger partial charge in [-0.05, 0) is 37.3 Å². The molecule has 1 aromatic heterocycles. The van der Waals surface area contributed by atoms with Gasteiger partial charge in [0.25, 0.3) is 0 Å². The molecule has 0 fully saturated rings. The second-order valence-corrected chi connectivity index (χ2v) is 4.41. The Morgan fingerprint density at radius 1 is 1.10 bits per heavy atom. The number of ether oxygens (including phenoxy) is 2. The van der Waals surface area contributed by atoms with Crippen LogP contribution in [0.1, 0.15) is 12.5 Å². The number of hydrogen-bond donors (Lipinski definition) is 0. The highest BCUT2D eigenvalue weighted by atomic mass is 35.5. The van der Waals surface area contributed by atoms with Gasteiger partial charge in [-0.15, -0.1) is 0 Å². The SMILES string of the molecule is CCOc1ccc(Oc2cc(C(F)(F)F)cc(Cl)n2)cc1. The Kier molecular flexibility index (Phi) is 4.57. The molecule has 0 aliphatic rings. The topological polar surface area (TPSA) is 31.4 Å². The van der Waals surface area contributed by atoms with E-state index < -0.39 is 11.7 Å². The molecule has 0 spiro atoms. The van der Waals surface area contributed by atoms with E-state index in [9.17, 15) is 13.2 Å². The van der Waals surface area contributed by atoms with Crippen LogP contribution in [-0.4, -0.2) is 11.6 Å². The van der Waals surface area contributed by atoms with Gasteiger partial charge in [0, 0.05) is 6.07 Å². The summed E-state index contributed by atoms with van der Waals surface area (Å²) in [6, 6.07) is 7.97. The molecule has 0 bridgehead atoms. The first-order chi connectivity index (χ1) is 9.88. The summed E-state index contributed by atoms with van der Waals surface area (Å²) in [5.74, 6) is 0.750. The van der Waals surface area contributed by atoms with Crippen molar-refractivity contribution in [3.05, 3.63) is 47.1 Å². The summed E-state index contributed by atoms with van der Waals surface area (Å²) >= 11 is 5.58. The molecule has 0 N–H and O–H groups in total. The molecule has 2 aromatic rings. The smallest absolute Gasteiger partial charge is 0.416 e. The predicted octanol–water partition coefficient (Wildman–Crippen LogP) is 4.94. The Bertz CT molecular complexity index is 615. The van der Waals surface area contributed by atoms with Gasteiger partial charge in [0.1, 0.15) is 16.7 Å². The molecule has 2 rings (SSSR count). The van der Waals surface area contributed by atoms with E-state index in [1.807, 2.05) is 6.92 Å². The maximum atomic E-state index is 12.7. The van der Waals surface area contributed by atoms with Crippen molar-refractivity contribution in [2.24, 2.45) is 0 Å². The van der Waals surface area contributed by atoms with E-state index in [2.05, 4.69) is 4.98 Å². The number of pyridine rings is 1. The molecule has 0 saturated heterocycles. The number of alkyl halides is 3. The third-order valence-corrected chi connectivity index (χ3v) is 2.65. The van der Waals surface area contributed by atoms with Crippen molar-refractivity contribution in [3.63, 3.8) is 0 Å². The van der Waals surface area contributed by atoms with Crippen molar-refractivity contribution >= 4 is 11.6 Å². The van der Waals surface area contributed by atoms with Gasteiger partial charge in [-0.2, -0.15) is 13.2 Å². The first-order valence-electron chi connectivity index (χ1n) is 6.04. The zero-order valence-corrected chi connectivity index (χ0v) is 11.7. The molecule has 0 aliphatic heterocycles. The van der Waals surface area contributed by atoms with Gasteiger partial charge in [-0.1, -0.05) is 11.6 Å². The van der Waals surface area contributed by atoms with Crippen LogP contribution in [0.25, 0.3) is 0 Å². The molecular weight excluding hydrogens is 307 g/mol. The van der Waals surface area contributed by atoms with Gasteiger partial charge in [0.05, 0.1) is 12.2 Å². The van der Waals surface area contributed by atoms with E-state index in [1.54, 1.807) is 24.3 Å². The van der Waals surface area contributed by atoms with Crippen LogP contribution in [-0.2, 0) is 6.18 Å². The van der Waals surface area contributed by atoms with Crippen LogP contribution >= 0.6 is 11.6 Å². The number of hydrogen-bond acceptors (Lipinski definition) is 3. The Morgan fingerprint density at radius 3 is 2.29 bits per heavy atom. The molecular formula is C14H11ClF3NO2. The highest BCUT2D eigenvalue weighted by molar-refractivity contribution is 6.29. The van der Waals surface area contributed by atoms with Crippen LogP contribution in [0.5, 0.6) is 17.4 Å². The van der Waals surface area contributed by atoms with Crippen LogP contribution in [0, 0.1) is 0 Å². The van der Waals surface area contributed by atoms with Crippen LogP contribution in [0.3, 0.4) is 0 Å². The number of rotatable bonds is 4. The van der Waals surface area contributed by atoms with Gasteiger partial charge in [-0.3, -0.25) is 0 Å². The maximum Gasteiger partial charge on any atom is 0.416 e. The second kappa shape index (κ2) is 6.22. The van der Waals surface area contributed by atoms with Gasteiger partial charge >= 0.3 is 6.18 Å². The first-order valence-corrected chi connectivity index (χ1v) is 6.42. The van der Waals surface area contributed by atoms with Crippen molar-refractivity contribution in [3.8, 4) is 17.4 Å². The summed E-state index contributed by atoms with van der Waals surface area (Å²) in [6.07, 6.45) is -4.51. The van der Waals surface area contributed by atoms with Crippen LogP contribution < -0.4 is 9.47 Å². The quantitative estimate of drug-likeness (QED) is 0.748. The van der Waals surface area contributed by atoms with E-state index >= 15 is 0 Å². The summed E-state index contributed by atoms with van der Waals surface area (Å²) in [6.45, 7) is 2.37. The monoisotopic (exact) mass is 317 g/mol. The lowest BCUT2D eigenvalue weighted by Crippen LogP contribution is -2.05. The number of aromatic nitrogens is 1. The highest BCUT2D eigenvalue weighted by Crippen LogP contribution is 2.33. The minimum absolute atomic E-state index is 0.223. The first kappa shape index (κ1) is 15.4. The average molecular weight is 318 g/mol.